The molecular weight excluding hydrogens is 298 g/mol. The average molecular weight is 317 g/mol. The largest absolute Gasteiger partial charge is 0.338 e. The Balaban J connectivity index is 1.70. The van der Waals surface area contributed by atoms with E-state index in [2.05, 4.69) is 17.5 Å². The summed E-state index contributed by atoms with van der Waals surface area (Å²) in [5.74, 6) is 1.20. The summed E-state index contributed by atoms with van der Waals surface area (Å²) in [5.41, 5.74) is 1.91. The van der Waals surface area contributed by atoms with Crippen LogP contribution in [0.1, 0.15) is 32.5 Å². The van der Waals surface area contributed by atoms with Crippen LogP contribution in [0.5, 0.6) is 0 Å². The number of nitrogens with zero attached hydrogens (tertiary/aromatic N) is 1. The van der Waals surface area contributed by atoms with Crippen LogP contribution >= 0.6 is 23.1 Å². The number of amides is 1. The van der Waals surface area contributed by atoms with E-state index in [1.807, 2.05) is 59.2 Å². The van der Waals surface area contributed by atoms with Crippen molar-refractivity contribution in [3.63, 3.8) is 0 Å². The van der Waals surface area contributed by atoms with Crippen LogP contribution in [0.25, 0.3) is 0 Å². The second-order valence-electron chi connectivity index (χ2n) is 5.27. The number of benzene rings is 1. The number of thioether (sulfide) groups is 1. The van der Waals surface area contributed by atoms with Crippen LogP contribution in [-0.4, -0.2) is 29.6 Å². The first-order valence-electron chi connectivity index (χ1n) is 7.25. The minimum Gasteiger partial charge on any atom is -0.338 e. The molecule has 2 heterocycles. The summed E-state index contributed by atoms with van der Waals surface area (Å²) >= 11 is 3.80. The Hall–Kier alpha value is -1.26. The number of aryl methyl sites for hydroxylation is 1. The van der Waals surface area contributed by atoms with E-state index in [1.54, 1.807) is 0 Å². The van der Waals surface area contributed by atoms with Crippen LogP contribution in [0.3, 0.4) is 0 Å². The molecule has 3 rings (SSSR count). The molecule has 0 bridgehead atoms. The van der Waals surface area contributed by atoms with E-state index >= 15 is 0 Å². The van der Waals surface area contributed by atoms with Crippen LogP contribution in [0.2, 0.25) is 0 Å². The lowest BCUT2D eigenvalue weighted by Crippen LogP contribution is -2.33. The lowest BCUT2D eigenvalue weighted by atomic mass is 10.1. The number of rotatable bonds is 2. The molecule has 4 heteroatoms. The molecule has 1 unspecified atom stereocenters. The lowest BCUT2D eigenvalue weighted by molar-refractivity contribution is 0.0766. The predicted molar refractivity (Wildman–Crippen MR) is 91.2 cm³/mol. The Morgan fingerprint density at radius 2 is 2.05 bits per heavy atom. The standard InChI is InChI=1S/C17H19NOS2/c1-13-5-2-3-6-14(13)17(19)18-9-8-16(21-12-10-18)15-7-4-11-20-15/h2-7,11,16H,8-10,12H2,1H3. The number of thiophene rings is 1. The van der Waals surface area contributed by atoms with Gasteiger partial charge in [-0.15, -0.1) is 11.3 Å². The van der Waals surface area contributed by atoms with E-state index in [-0.39, 0.29) is 5.91 Å². The summed E-state index contributed by atoms with van der Waals surface area (Å²) in [7, 11) is 0. The van der Waals surface area contributed by atoms with Crippen molar-refractivity contribution in [2.24, 2.45) is 0 Å². The average Bonchev–Trinajstić information content (AvgIpc) is 2.92. The fraction of sp³-hybridized carbons (Fsp3) is 0.353. The second-order valence-corrected chi connectivity index (χ2v) is 7.56. The Morgan fingerprint density at radius 1 is 1.19 bits per heavy atom. The van der Waals surface area contributed by atoms with Crippen molar-refractivity contribution in [3.05, 3.63) is 57.8 Å². The zero-order valence-electron chi connectivity index (χ0n) is 12.1. The van der Waals surface area contributed by atoms with Gasteiger partial charge in [-0.25, -0.2) is 0 Å². The monoisotopic (exact) mass is 317 g/mol. The predicted octanol–water partition coefficient (Wildman–Crippen LogP) is 4.38. The van der Waals surface area contributed by atoms with Gasteiger partial charge >= 0.3 is 0 Å². The zero-order chi connectivity index (χ0) is 14.7. The normalized spacial score (nSPS) is 19.3. The highest BCUT2D eigenvalue weighted by Gasteiger charge is 2.23. The smallest absolute Gasteiger partial charge is 0.254 e. The Kier molecular flexibility index (Phi) is 4.66. The summed E-state index contributed by atoms with van der Waals surface area (Å²) in [6, 6.07) is 12.2. The van der Waals surface area contributed by atoms with E-state index in [9.17, 15) is 4.79 Å². The van der Waals surface area contributed by atoms with Crippen molar-refractivity contribution < 1.29 is 4.79 Å². The third-order valence-electron chi connectivity index (χ3n) is 3.86. The fourth-order valence-corrected chi connectivity index (χ4v) is 4.90. The molecule has 2 nitrogen and oxygen atoms in total. The summed E-state index contributed by atoms with van der Waals surface area (Å²) in [4.78, 5) is 16.1. The Morgan fingerprint density at radius 3 is 2.81 bits per heavy atom. The first-order chi connectivity index (χ1) is 10.3. The number of carbonyl (C=O) groups excluding carboxylic acids is 1. The molecule has 1 atom stereocenters. The maximum atomic E-state index is 12.7. The molecule has 0 saturated carbocycles. The zero-order valence-corrected chi connectivity index (χ0v) is 13.8. The maximum absolute atomic E-state index is 12.7. The molecule has 1 aliphatic heterocycles. The molecule has 1 saturated heterocycles. The van der Waals surface area contributed by atoms with Gasteiger partial charge in [0.25, 0.3) is 5.91 Å². The third-order valence-corrected chi connectivity index (χ3v) is 6.31. The van der Waals surface area contributed by atoms with Crippen LogP contribution < -0.4 is 0 Å². The molecule has 0 radical (unpaired) electrons. The molecular formula is C17H19NOS2. The van der Waals surface area contributed by atoms with E-state index in [1.165, 1.54) is 4.88 Å². The van der Waals surface area contributed by atoms with E-state index in [4.69, 9.17) is 0 Å². The molecule has 0 aliphatic carbocycles. The second kappa shape index (κ2) is 6.67. The maximum Gasteiger partial charge on any atom is 0.254 e. The molecule has 1 aliphatic rings. The quantitative estimate of drug-likeness (QED) is 0.819. The minimum absolute atomic E-state index is 0.181. The Labute approximate surface area is 134 Å². The van der Waals surface area contributed by atoms with Crippen molar-refractivity contribution in [3.8, 4) is 0 Å². The van der Waals surface area contributed by atoms with Gasteiger partial charge in [-0.2, -0.15) is 11.8 Å². The van der Waals surface area contributed by atoms with Gasteiger partial charge in [-0.3, -0.25) is 4.79 Å². The van der Waals surface area contributed by atoms with Crippen molar-refractivity contribution in [1.29, 1.82) is 0 Å². The highest BCUT2D eigenvalue weighted by molar-refractivity contribution is 7.99. The van der Waals surface area contributed by atoms with Crippen LogP contribution in [0, 0.1) is 6.92 Å². The fourth-order valence-electron chi connectivity index (χ4n) is 2.66. The molecule has 21 heavy (non-hydrogen) atoms. The van der Waals surface area contributed by atoms with Crippen LogP contribution in [0.15, 0.2) is 41.8 Å². The van der Waals surface area contributed by atoms with Crippen LogP contribution in [-0.2, 0) is 0 Å². The van der Waals surface area contributed by atoms with Gasteiger partial charge in [0.05, 0.1) is 0 Å². The lowest BCUT2D eigenvalue weighted by Gasteiger charge is -2.21. The van der Waals surface area contributed by atoms with Gasteiger partial charge in [-0.05, 0) is 36.4 Å². The number of hydrogen-bond donors (Lipinski definition) is 0. The molecule has 1 aromatic heterocycles. The van der Waals surface area contributed by atoms with Gasteiger partial charge in [-0.1, -0.05) is 24.3 Å². The summed E-state index contributed by atoms with van der Waals surface area (Å²) in [5, 5.41) is 2.68. The van der Waals surface area contributed by atoms with Crippen molar-refractivity contribution in [2.75, 3.05) is 18.8 Å². The van der Waals surface area contributed by atoms with Gasteiger partial charge in [0, 0.05) is 34.5 Å². The SMILES string of the molecule is Cc1ccccc1C(=O)N1CCSC(c2cccs2)CC1. The summed E-state index contributed by atoms with van der Waals surface area (Å²) in [6.45, 7) is 3.71. The van der Waals surface area contributed by atoms with Gasteiger partial charge < -0.3 is 4.90 Å². The topological polar surface area (TPSA) is 20.3 Å². The first kappa shape index (κ1) is 14.7. The number of carbonyl (C=O) groups is 1. The number of hydrogen-bond acceptors (Lipinski definition) is 3. The van der Waals surface area contributed by atoms with Crippen molar-refractivity contribution in [1.82, 2.24) is 4.90 Å². The molecule has 1 aromatic carbocycles. The van der Waals surface area contributed by atoms with E-state index in [0.29, 0.717) is 5.25 Å². The van der Waals surface area contributed by atoms with E-state index in [0.717, 1.165) is 36.4 Å². The van der Waals surface area contributed by atoms with E-state index < -0.39 is 0 Å². The highest BCUT2D eigenvalue weighted by Crippen LogP contribution is 2.36. The van der Waals surface area contributed by atoms with Crippen molar-refractivity contribution in [2.45, 2.75) is 18.6 Å². The van der Waals surface area contributed by atoms with Crippen LogP contribution in [0.4, 0.5) is 0 Å². The first-order valence-corrected chi connectivity index (χ1v) is 9.18. The van der Waals surface area contributed by atoms with Crippen molar-refractivity contribution >= 4 is 29.0 Å². The molecule has 0 spiro atoms. The molecule has 0 N–H and O–H groups in total. The molecule has 110 valence electrons. The van der Waals surface area contributed by atoms with Gasteiger partial charge in [0.2, 0.25) is 0 Å². The minimum atomic E-state index is 0.181. The van der Waals surface area contributed by atoms with Gasteiger partial charge in [0.1, 0.15) is 0 Å². The molecule has 2 aromatic rings. The molecule has 1 fully saturated rings. The summed E-state index contributed by atoms with van der Waals surface area (Å²) < 4.78 is 0. The molecule has 1 amide bonds. The summed E-state index contributed by atoms with van der Waals surface area (Å²) in [6.07, 6.45) is 1.04. The van der Waals surface area contributed by atoms with Gasteiger partial charge in [0.15, 0.2) is 0 Å². The highest BCUT2D eigenvalue weighted by atomic mass is 32.2. The Bertz CT molecular complexity index is 609. The third kappa shape index (κ3) is 3.33.